The number of aliphatic hydroxyl groups is 1. The first kappa shape index (κ1) is 23.7. The Morgan fingerprint density at radius 1 is 1.29 bits per heavy atom. The number of nitrogens with zero attached hydrogens (tertiary/aromatic N) is 3. The molecule has 1 aliphatic heterocycles. The SMILES string of the molecule is C[C@H](O)C(=O)O.O=C(Nc1cn[nH]c1-c1nc2ccc(CN3CCOCC3)cc2[nH]1)NC1CC1. The van der Waals surface area contributed by atoms with E-state index in [0.29, 0.717) is 23.2 Å². The molecule has 0 spiro atoms. The maximum atomic E-state index is 12.0. The van der Waals surface area contributed by atoms with Gasteiger partial charge in [0.1, 0.15) is 11.8 Å². The maximum absolute atomic E-state index is 12.0. The van der Waals surface area contributed by atoms with E-state index in [0.717, 1.165) is 56.7 Å². The van der Waals surface area contributed by atoms with Crippen molar-refractivity contribution in [2.45, 2.75) is 38.5 Å². The van der Waals surface area contributed by atoms with Crippen LogP contribution < -0.4 is 10.6 Å². The summed E-state index contributed by atoms with van der Waals surface area (Å²) in [6, 6.07) is 6.34. The number of aromatic amines is 2. The molecule has 2 aliphatic rings. The number of urea groups is 1. The van der Waals surface area contributed by atoms with Crippen LogP contribution >= 0.6 is 0 Å². The first-order valence-corrected chi connectivity index (χ1v) is 11.2. The number of H-pyrrole nitrogens is 2. The summed E-state index contributed by atoms with van der Waals surface area (Å²) in [5.74, 6) is -0.534. The number of hydrogen-bond acceptors (Lipinski definition) is 7. The van der Waals surface area contributed by atoms with Crippen LogP contribution in [0.2, 0.25) is 0 Å². The first-order chi connectivity index (χ1) is 16.4. The number of anilines is 1. The van der Waals surface area contributed by atoms with Crippen LogP contribution in [0.25, 0.3) is 22.6 Å². The topological polar surface area (TPSA) is 168 Å². The third-order valence-corrected chi connectivity index (χ3v) is 5.45. The van der Waals surface area contributed by atoms with Crippen LogP contribution in [0.15, 0.2) is 24.4 Å². The smallest absolute Gasteiger partial charge is 0.332 e. The molecule has 1 atom stereocenters. The van der Waals surface area contributed by atoms with Gasteiger partial charge in [-0.1, -0.05) is 6.07 Å². The van der Waals surface area contributed by atoms with Gasteiger partial charge in [-0.2, -0.15) is 5.10 Å². The fourth-order valence-corrected chi connectivity index (χ4v) is 3.42. The van der Waals surface area contributed by atoms with Crippen LogP contribution in [0, 0.1) is 0 Å². The minimum Gasteiger partial charge on any atom is -0.479 e. The monoisotopic (exact) mass is 471 g/mol. The lowest BCUT2D eigenvalue weighted by Crippen LogP contribution is -2.35. The van der Waals surface area contributed by atoms with Gasteiger partial charge in [-0.25, -0.2) is 14.6 Å². The van der Waals surface area contributed by atoms with E-state index in [1.165, 1.54) is 12.5 Å². The van der Waals surface area contributed by atoms with Gasteiger partial charge in [-0.05, 0) is 37.5 Å². The molecule has 182 valence electrons. The summed E-state index contributed by atoms with van der Waals surface area (Å²) in [4.78, 5) is 31.9. The van der Waals surface area contributed by atoms with Gasteiger partial charge in [0, 0.05) is 25.7 Å². The fraction of sp³-hybridized carbons (Fsp3) is 0.455. The van der Waals surface area contributed by atoms with Crippen molar-refractivity contribution in [1.29, 1.82) is 0 Å². The third-order valence-electron chi connectivity index (χ3n) is 5.45. The minimum atomic E-state index is -1.23. The van der Waals surface area contributed by atoms with Crippen molar-refractivity contribution in [3.63, 3.8) is 0 Å². The number of fused-ring (bicyclic) bond motifs is 1. The van der Waals surface area contributed by atoms with Gasteiger partial charge in [-0.3, -0.25) is 10.00 Å². The molecule has 2 amide bonds. The Labute approximate surface area is 195 Å². The second-order valence-corrected chi connectivity index (χ2v) is 8.37. The zero-order valence-corrected chi connectivity index (χ0v) is 18.9. The molecule has 3 heterocycles. The highest BCUT2D eigenvalue weighted by atomic mass is 16.5. The largest absolute Gasteiger partial charge is 0.479 e. The molecular weight excluding hydrogens is 442 g/mol. The molecule has 12 heteroatoms. The van der Waals surface area contributed by atoms with Crippen LogP contribution in [-0.4, -0.2) is 85.7 Å². The second-order valence-electron chi connectivity index (χ2n) is 8.37. The molecule has 34 heavy (non-hydrogen) atoms. The van der Waals surface area contributed by atoms with Crippen LogP contribution in [0.4, 0.5) is 10.5 Å². The van der Waals surface area contributed by atoms with Gasteiger partial charge >= 0.3 is 12.0 Å². The van der Waals surface area contributed by atoms with Crippen molar-refractivity contribution in [1.82, 2.24) is 30.4 Å². The number of carboxylic acids is 1. The van der Waals surface area contributed by atoms with Gasteiger partial charge in [0.15, 0.2) is 5.82 Å². The highest BCUT2D eigenvalue weighted by Gasteiger charge is 2.24. The lowest BCUT2D eigenvalue weighted by atomic mass is 10.2. The Balaban J connectivity index is 0.000000408. The van der Waals surface area contributed by atoms with Gasteiger partial charge < -0.3 is 30.6 Å². The number of imidazole rings is 1. The van der Waals surface area contributed by atoms with Crippen molar-refractivity contribution >= 4 is 28.7 Å². The van der Waals surface area contributed by atoms with Crippen LogP contribution in [0.1, 0.15) is 25.3 Å². The number of hydrogen-bond donors (Lipinski definition) is 6. The Bertz CT molecular complexity index is 1130. The standard InChI is InChI=1S/C19H23N7O2.C3H6O3/c27-19(21-13-2-3-13)24-16-10-20-25-17(16)18-22-14-4-1-12(9-15(14)23-18)11-26-5-7-28-8-6-26;1-2(4)3(5)6/h1,4,9-10,13H,2-3,5-8,11H2,(H,20,25)(H,22,23)(H2,21,24,27);2,4H,1H3,(H,5,6)/t;2-/m.0/s1. The second kappa shape index (κ2) is 10.6. The number of carboxylic acid groups (broad SMARTS) is 1. The van der Waals surface area contributed by atoms with Gasteiger partial charge in [0.05, 0.1) is 36.1 Å². The van der Waals surface area contributed by atoms with E-state index in [1.807, 2.05) is 6.07 Å². The van der Waals surface area contributed by atoms with Gasteiger partial charge in [0.2, 0.25) is 0 Å². The third kappa shape index (κ3) is 6.31. The molecule has 2 aromatic heterocycles. The molecule has 0 radical (unpaired) electrons. The number of aromatic nitrogens is 4. The van der Waals surface area contributed by atoms with Crippen LogP contribution in [0.3, 0.4) is 0 Å². The Morgan fingerprint density at radius 2 is 2.03 bits per heavy atom. The van der Waals surface area contributed by atoms with Gasteiger partial charge in [-0.15, -0.1) is 0 Å². The van der Waals surface area contributed by atoms with Crippen LogP contribution in [0.5, 0.6) is 0 Å². The molecule has 3 aromatic rings. The molecule has 0 unspecified atom stereocenters. The number of carbonyl (C=O) groups excluding carboxylic acids is 1. The van der Waals surface area contributed by atoms with Crippen molar-refractivity contribution in [2.24, 2.45) is 0 Å². The Kier molecular flexibility index (Phi) is 7.40. The van der Waals surface area contributed by atoms with Crippen molar-refractivity contribution in [3.05, 3.63) is 30.0 Å². The number of nitrogens with one attached hydrogen (secondary N) is 4. The average Bonchev–Trinajstić information content (AvgIpc) is 3.33. The number of carbonyl (C=O) groups is 2. The number of morpholine rings is 1. The number of aliphatic carboxylic acids is 1. The zero-order valence-electron chi connectivity index (χ0n) is 18.9. The number of ether oxygens (including phenoxy) is 1. The van der Waals surface area contributed by atoms with E-state index < -0.39 is 12.1 Å². The number of rotatable bonds is 6. The van der Waals surface area contributed by atoms with E-state index in [1.54, 1.807) is 6.20 Å². The molecule has 6 N–H and O–H groups in total. The van der Waals surface area contributed by atoms with E-state index in [4.69, 9.17) is 14.9 Å². The lowest BCUT2D eigenvalue weighted by Gasteiger charge is -2.26. The molecule has 1 saturated heterocycles. The fourth-order valence-electron chi connectivity index (χ4n) is 3.42. The molecule has 1 aromatic carbocycles. The summed E-state index contributed by atoms with van der Waals surface area (Å²) < 4.78 is 5.41. The summed E-state index contributed by atoms with van der Waals surface area (Å²) in [6.07, 6.45) is 2.45. The molecule has 12 nitrogen and oxygen atoms in total. The van der Waals surface area contributed by atoms with E-state index in [2.05, 4.69) is 47.8 Å². The van der Waals surface area contributed by atoms with Crippen molar-refractivity contribution < 1.29 is 24.5 Å². The summed E-state index contributed by atoms with van der Waals surface area (Å²) in [6.45, 7) is 5.59. The van der Waals surface area contributed by atoms with E-state index in [-0.39, 0.29) is 6.03 Å². The van der Waals surface area contributed by atoms with Crippen molar-refractivity contribution in [3.8, 4) is 11.5 Å². The van der Waals surface area contributed by atoms with E-state index >= 15 is 0 Å². The molecule has 1 saturated carbocycles. The Hall–Kier alpha value is -3.48. The quantitative estimate of drug-likeness (QED) is 0.314. The predicted octanol–water partition coefficient (Wildman–Crippen LogP) is 1.52. The number of benzene rings is 1. The maximum Gasteiger partial charge on any atom is 0.332 e. The summed E-state index contributed by atoms with van der Waals surface area (Å²) in [7, 11) is 0. The van der Waals surface area contributed by atoms with Crippen LogP contribution in [-0.2, 0) is 16.1 Å². The molecule has 2 fully saturated rings. The first-order valence-electron chi connectivity index (χ1n) is 11.2. The highest BCUT2D eigenvalue weighted by molar-refractivity contribution is 5.93. The molecule has 1 aliphatic carbocycles. The zero-order chi connectivity index (χ0) is 24.1. The highest BCUT2D eigenvalue weighted by Crippen LogP contribution is 2.26. The Morgan fingerprint density at radius 3 is 2.71 bits per heavy atom. The van der Waals surface area contributed by atoms with Gasteiger partial charge in [0.25, 0.3) is 0 Å². The molecular formula is C22H29N7O5. The average molecular weight is 472 g/mol. The number of amides is 2. The van der Waals surface area contributed by atoms with Crippen molar-refractivity contribution in [2.75, 3.05) is 31.6 Å². The normalized spacial score (nSPS) is 17.0. The molecule has 0 bridgehead atoms. The summed E-state index contributed by atoms with van der Waals surface area (Å²) in [5, 5.41) is 28.5. The van der Waals surface area contributed by atoms with E-state index in [9.17, 15) is 9.59 Å². The lowest BCUT2D eigenvalue weighted by molar-refractivity contribution is -0.145. The minimum absolute atomic E-state index is 0.214. The summed E-state index contributed by atoms with van der Waals surface area (Å²) in [5.41, 5.74) is 4.34. The number of aliphatic hydroxyl groups excluding tert-OH is 1. The predicted molar refractivity (Wildman–Crippen MR) is 124 cm³/mol. The molecule has 5 rings (SSSR count). The summed E-state index contributed by atoms with van der Waals surface area (Å²) >= 11 is 0.